The normalized spacial score (nSPS) is 15.1. The number of amides is 2. The van der Waals surface area contributed by atoms with Gasteiger partial charge in [-0.3, -0.25) is 14.9 Å². The van der Waals surface area contributed by atoms with Crippen molar-refractivity contribution < 1.29 is 18.7 Å². The summed E-state index contributed by atoms with van der Waals surface area (Å²) < 4.78 is 21.0. The first-order valence-electron chi connectivity index (χ1n) is 9.66. The van der Waals surface area contributed by atoms with E-state index in [1.165, 1.54) is 24.3 Å². The molecule has 0 unspecified atom stereocenters. The molecule has 1 saturated heterocycles. The van der Waals surface area contributed by atoms with Crippen molar-refractivity contribution in [2.75, 3.05) is 4.90 Å². The first kappa shape index (κ1) is 23.1. The van der Waals surface area contributed by atoms with Crippen LogP contribution in [0.2, 0.25) is 5.02 Å². The second-order valence-electron chi connectivity index (χ2n) is 7.01. The Morgan fingerprint density at radius 3 is 2.55 bits per heavy atom. The van der Waals surface area contributed by atoms with E-state index in [4.69, 9.17) is 28.6 Å². The van der Waals surface area contributed by atoms with Crippen molar-refractivity contribution in [2.45, 2.75) is 6.61 Å². The third-order valence-corrected chi connectivity index (χ3v) is 5.80. The molecule has 0 saturated carbocycles. The van der Waals surface area contributed by atoms with Crippen molar-refractivity contribution in [1.29, 1.82) is 0 Å². The summed E-state index contributed by atoms with van der Waals surface area (Å²) in [6, 6.07) is 18.1. The van der Waals surface area contributed by atoms with Crippen LogP contribution >= 0.6 is 39.7 Å². The molecule has 4 rings (SSSR count). The third kappa shape index (κ3) is 5.13. The van der Waals surface area contributed by atoms with Gasteiger partial charge in [-0.1, -0.05) is 51.8 Å². The van der Waals surface area contributed by atoms with Crippen molar-refractivity contribution in [3.8, 4) is 5.75 Å². The maximum Gasteiger partial charge on any atom is 0.270 e. The number of halogens is 3. The molecule has 1 aliphatic heterocycles. The summed E-state index contributed by atoms with van der Waals surface area (Å²) in [5.74, 6) is -1.61. The van der Waals surface area contributed by atoms with E-state index in [1.807, 2.05) is 12.1 Å². The summed E-state index contributed by atoms with van der Waals surface area (Å²) in [6.07, 6.45) is 1.40. The lowest BCUT2D eigenvalue weighted by atomic mass is 10.1. The lowest BCUT2D eigenvalue weighted by Crippen LogP contribution is -2.54. The van der Waals surface area contributed by atoms with Gasteiger partial charge in [0.05, 0.1) is 5.69 Å². The number of carbonyl (C=O) groups excluding carboxylic acids is 2. The van der Waals surface area contributed by atoms with Crippen molar-refractivity contribution in [2.24, 2.45) is 0 Å². The van der Waals surface area contributed by atoms with Gasteiger partial charge < -0.3 is 4.74 Å². The standard InChI is InChI=1S/C24H15BrClFN2O3S/c25-16-7-10-21(32-13-14-5-8-17(26)9-6-14)15(11-16)12-18-22(30)28-24(33)29(23(18)31)20-4-2-1-3-19(20)27/h1-12H,13H2,(H,28,30,33)/b18-12+. The van der Waals surface area contributed by atoms with E-state index in [9.17, 15) is 14.0 Å². The smallest absolute Gasteiger partial charge is 0.270 e. The van der Waals surface area contributed by atoms with E-state index in [-0.39, 0.29) is 23.0 Å². The first-order valence-corrected chi connectivity index (χ1v) is 11.2. The minimum Gasteiger partial charge on any atom is -0.488 e. The molecule has 3 aromatic carbocycles. The van der Waals surface area contributed by atoms with Crippen molar-refractivity contribution in [1.82, 2.24) is 5.32 Å². The predicted octanol–water partition coefficient (Wildman–Crippen LogP) is 5.65. The van der Waals surface area contributed by atoms with Crippen LogP contribution in [0.4, 0.5) is 10.1 Å². The predicted molar refractivity (Wildman–Crippen MR) is 133 cm³/mol. The lowest BCUT2D eigenvalue weighted by molar-refractivity contribution is -0.122. The Kier molecular flexibility index (Phi) is 6.88. The van der Waals surface area contributed by atoms with Crippen LogP contribution in [-0.4, -0.2) is 16.9 Å². The molecule has 33 heavy (non-hydrogen) atoms. The van der Waals surface area contributed by atoms with Crippen molar-refractivity contribution in [3.63, 3.8) is 0 Å². The number of para-hydroxylation sites is 1. The van der Waals surface area contributed by atoms with Gasteiger partial charge in [0, 0.05) is 15.1 Å². The molecule has 0 spiro atoms. The molecule has 5 nitrogen and oxygen atoms in total. The third-order valence-electron chi connectivity index (χ3n) is 4.77. The molecule has 2 amide bonds. The summed E-state index contributed by atoms with van der Waals surface area (Å²) in [5.41, 5.74) is 1.12. The lowest BCUT2D eigenvalue weighted by Gasteiger charge is -2.29. The fraction of sp³-hybridized carbons (Fsp3) is 0.0417. The van der Waals surface area contributed by atoms with Crippen LogP contribution in [-0.2, 0) is 16.2 Å². The van der Waals surface area contributed by atoms with Crippen LogP contribution in [0, 0.1) is 5.82 Å². The number of hydrogen-bond acceptors (Lipinski definition) is 4. The molecule has 1 heterocycles. The molecular formula is C24H15BrClFN2O3S. The second-order valence-corrected chi connectivity index (χ2v) is 8.75. The van der Waals surface area contributed by atoms with Crippen LogP contribution < -0.4 is 15.0 Å². The van der Waals surface area contributed by atoms with Crippen molar-refractivity contribution >= 4 is 68.4 Å². The highest BCUT2D eigenvalue weighted by molar-refractivity contribution is 9.10. The van der Waals surface area contributed by atoms with Gasteiger partial charge in [-0.05, 0) is 66.3 Å². The number of anilines is 1. The minimum atomic E-state index is -0.738. The minimum absolute atomic E-state index is 0.0492. The first-order chi connectivity index (χ1) is 15.8. The van der Waals surface area contributed by atoms with Gasteiger partial charge in [0.2, 0.25) is 0 Å². The van der Waals surface area contributed by atoms with E-state index in [1.54, 1.807) is 36.4 Å². The average Bonchev–Trinajstić information content (AvgIpc) is 2.78. The molecule has 9 heteroatoms. The van der Waals surface area contributed by atoms with Gasteiger partial charge in [-0.15, -0.1) is 0 Å². The number of benzene rings is 3. The maximum absolute atomic E-state index is 14.4. The summed E-state index contributed by atoms with van der Waals surface area (Å²) in [6.45, 7) is 0.251. The van der Waals surface area contributed by atoms with Gasteiger partial charge in [0.15, 0.2) is 5.11 Å². The van der Waals surface area contributed by atoms with Crippen molar-refractivity contribution in [3.05, 3.63) is 98.7 Å². The molecule has 0 bridgehead atoms. The Hall–Kier alpha value is -3.07. The molecular weight excluding hydrogens is 531 g/mol. The largest absolute Gasteiger partial charge is 0.488 e. The quantitative estimate of drug-likeness (QED) is 0.256. The van der Waals surface area contributed by atoms with Crippen LogP contribution in [0.25, 0.3) is 6.08 Å². The van der Waals surface area contributed by atoms with E-state index in [0.717, 1.165) is 14.9 Å². The van der Waals surface area contributed by atoms with Crippen LogP contribution in [0.15, 0.2) is 76.8 Å². The number of nitrogens with one attached hydrogen (secondary N) is 1. The van der Waals surface area contributed by atoms with E-state index >= 15 is 0 Å². The van der Waals surface area contributed by atoms with Crippen LogP contribution in [0.1, 0.15) is 11.1 Å². The van der Waals surface area contributed by atoms with E-state index in [2.05, 4.69) is 21.2 Å². The highest BCUT2D eigenvalue weighted by Crippen LogP contribution is 2.29. The number of carbonyl (C=O) groups is 2. The molecule has 0 atom stereocenters. The number of hydrogen-bond donors (Lipinski definition) is 1. The molecule has 0 aliphatic carbocycles. The summed E-state index contributed by atoms with van der Waals surface area (Å²) in [7, 11) is 0. The number of nitrogens with zero attached hydrogens (tertiary/aromatic N) is 1. The summed E-state index contributed by atoms with van der Waals surface area (Å²) in [5, 5.41) is 2.87. The average molecular weight is 546 g/mol. The van der Waals surface area contributed by atoms with Gasteiger partial charge >= 0.3 is 0 Å². The number of thiocarbonyl (C=S) groups is 1. The molecule has 0 radical (unpaired) electrons. The highest BCUT2D eigenvalue weighted by Gasteiger charge is 2.35. The second kappa shape index (κ2) is 9.82. The van der Waals surface area contributed by atoms with Crippen LogP contribution in [0.5, 0.6) is 5.75 Å². The van der Waals surface area contributed by atoms with E-state index < -0.39 is 17.6 Å². The monoisotopic (exact) mass is 544 g/mol. The number of ether oxygens (including phenoxy) is 1. The zero-order valence-corrected chi connectivity index (χ0v) is 20.0. The molecule has 0 aromatic heterocycles. The summed E-state index contributed by atoms with van der Waals surface area (Å²) in [4.78, 5) is 26.8. The topological polar surface area (TPSA) is 58.6 Å². The van der Waals surface area contributed by atoms with Gasteiger partial charge in [-0.2, -0.15) is 0 Å². The molecule has 166 valence electrons. The fourth-order valence-electron chi connectivity index (χ4n) is 3.17. The zero-order valence-electron chi connectivity index (χ0n) is 16.8. The Morgan fingerprint density at radius 2 is 1.82 bits per heavy atom. The van der Waals surface area contributed by atoms with Crippen LogP contribution in [0.3, 0.4) is 0 Å². The maximum atomic E-state index is 14.4. The van der Waals surface area contributed by atoms with Gasteiger partial charge in [0.25, 0.3) is 11.8 Å². The van der Waals surface area contributed by atoms with Gasteiger partial charge in [0.1, 0.15) is 23.7 Å². The molecule has 1 N–H and O–H groups in total. The Bertz CT molecular complexity index is 1300. The van der Waals surface area contributed by atoms with Gasteiger partial charge in [-0.25, -0.2) is 9.29 Å². The zero-order chi connectivity index (χ0) is 23.5. The fourth-order valence-corrected chi connectivity index (χ4v) is 3.95. The molecule has 1 fully saturated rings. The molecule has 3 aromatic rings. The Labute approximate surface area is 207 Å². The Balaban J connectivity index is 1.68. The SMILES string of the molecule is O=C1NC(=S)N(c2ccccc2F)C(=O)/C1=C/c1cc(Br)ccc1OCc1ccc(Cl)cc1. The van der Waals surface area contributed by atoms with E-state index in [0.29, 0.717) is 16.3 Å². The Morgan fingerprint density at radius 1 is 1.09 bits per heavy atom. The number of rotatable bonds is 5. The molecule has 1 aliphatic rings. The summed E-state index contributed by atoms with van der Waals surface area (Å²) >= 11 is 14.5. The highest BCUT2D eigenvalue weighted by atomic mass is 79.9.